The summed E-state index contributed by atoms with van der Waals surface area (Å²) < 4.78 is 0. The van der Waals surface area contributed by atoms with Crippen molar-refractivity contribution in [1.29, 1.82) is 0 Å². The van der Waals surface area contributed by atoms with Crippen molar-refractivity contribution in [2.24, 2.45) is 9.98 Å². The molecule has 2 aromatic heterocycles. The second-order valence-corrected chi connectivity index (χ2v) is 7.18. The predicted molar refractivity (Wildman–Crippen MR) is 127 cm³/mol. The molecule has 0 saturated carbocycles. The fourth-order valence-electron chi connectivity index (χ4n) is 3.29. The molecule has 4 rings (SSSR count). The number of pyridine rings is 2. The number of nitrogens with zero attached hydrogens (tertiary/aromatic N) is 4. The Bertz CT molecular complexity index is 1060. The second-order valence-electron chi connectivity index (χ2n) is 7.18. The summed E-state index contributed by atoms with van der Waals surface area (Å²) in [6, 6.07) is 32.1. The molecule has 0 aliphatic heterocycles. The van der Waals surface area contributed by atoms with Gasteiger partial charge in [0, 0.05) is 23.5 Å². The molecule has 0 fully saturated rings. The molecule has 4 heteroatoms. The molecular formula is C27H24N4. The van der Waals surface area contributed by atoms with Crippen molar-refractivity contribution in [3.05, 3.63) is 132 Å². The third-order valence-corrected chi connectivity index (χ3v) is 4.77. The first-order chi connectivity index (χ1) is 15.3. The van der Waals surface area contributed by atoms with Gasteiger partial charge in [0.1, 0.15) is 0 Å². The molecule has 0 radical (unpaired) electrons. The topological polar surface area (TPSA) is 50.5 Å². The van der Waals surface area contributed by atoms with Crippen LogP contribution in [0.5, 0.6) is 0 Å². The molecule has 0 saturated heterocycles. The number of aliphatic imine (C=N–C) groups is 2. The van der Waals surface area contributed by atoms with Gasteiger partial charge in [0.25, 0.3) is 0 Å². The monoisotopic (exact) mass is 404 g/mol. The Labute approximate surface area is 183 Å². The Balaban J connectivity index is 1.66. The number of hydrogen-bond acceptors (Lipinski definition) is 4. The lowest BCUT2D eigenvalue weighted by Gasteiger charge is -2.12. The van der Waals surface area contributed by atoms with Gasteiger partial charge in [-0.2, -0.15) is 0 Å². The molecule has 0 aliphatic carbocycles. The Hall–Kier alpha value is -3.92. The first-order valence-corrected chi connectivity index (χ1v) is 10.4. The Kier molecular flexibility index (Phi) is 6.71. The molecular weight excluding hydrogens is 380 g/mol. The predicted octanol–water partition coefficient (Wildman–Crippen LogP) is 5.24. The van der Waals surface area contributed by atoms with Crippen molar-refractivity contribution in [3.63, 3.8) is 0 Å². The maximum atomic E-state index is 5.00. The van der Waals surface area contributed by atoms with Gasteiger partial charge in [0.15, 0.2) is 0 Å². The standard InChI is InChI=1S/C27H24N4/c1-21(31-27(23-14-6-3-7-15-23)25-17-9-11-19-29-25)20-30-26(22-12-4-2-5-13-22)24-16-8-10-18-28-24/h2-19,21H,20H2,1H3. The number of rotatable bonds is 7. The van der Waals surface area contributed by atoms with E-state index in [4.69, 9.17) is 9.98 Å². The van der Waals surface area contributed by atoms with Crippen LogP contribution in [0.4, 0.5) is 0 Å². The minimum atomic E-state index is -0.0281. The van der Waals surface area contributed by atoms with Crippen molar-refractivity contribution in [1.82, 2.24) is 9.97 Å². The van der Waals surface area contributed by atoms with Gasteiger partial charge in [-0.1, -0.05) is 72.8 Å². The van der Waals surface area contributed by atoms with Crippen molar-refractivity contribution in [2.45, 2.75) is 13.0 Å². The minimum absolute atomic E-state index is 0.0281. The fourth-order valence-corrected chi connectivity index (χ4v) is 3.29. The van der Waals surface area contributed by atoms with E-state index >= 15 is 0 Å². The molecule has 2 aromatic carbocycles. The molecule has 1 atom stereocenters. The first kappa shape index (κ1) is 20.4. The van der Waals surface area contributed by atoms with Crippen LogP contribution in [0.25, 0.3) is 0 Å². The summed E-state index contributed by atoms with van der Waals surface area (Å²) in [5.74, 6) is 0. The maximum absolute atomic E-state index is 5.00. The van der Waals surface area contributed by atoms with Crippen molar-refractivity contribution < 1.29 is 0 Å². The highest BCUT2D eigenvalue weighted by Crippen LogP contribution is 2.12. The summed E-state index contributed by atoms with van der Waals surface area (Å²) in [4.78, 5) is 19.0. The smallest absolute Gasteiger partial charge is 0.0907 e. The highest BCUT2D eigenvalue weighted by Gasteiger charge is 2.12. The summed E-state index contributed by atoms with van der Waals surface area (Å²) in [6.45, 7) is 2.63. The van der Waals surface area contributed by atoms with Crippen molar-refractivity contribution >= 4 is 11.4 Å². The van der Waals surface area contributed by atoms with Crippen LogP contribution in [-0.4, -0.2) is 34.0 Å². The molecule has 0 N–H and O–H groups in total. The van der Waals surface area contributed by atoms with Crippen LogP contribution in [-0.2, 0) is 0 Å². The van der Waals surface area contributed by atoms with Gasteiger partial charge >= 0.3 is 0 Å². The van der Waals surface area contributed by atoms with Gasteiger partial charge in [-0.25, -0.2) is 0 Å². The second kappa shape index (κ2) is 10.2. The van der Waals surface area contributed by atoms with Crippen LogP contribution in [0, 0.1) is 0 Å². The zero-order valence-corrected chi connectivity index (χ0v) is 17.5. The lowest BCUT2D eigenvalue weighted by atomic mass is 10.1. The van der Waals surface area contributed by atoms with Crippen molar-refractivity contribution in [2.75, 3.05) is 6.54 Å². The first-order valence-electron chi connectivity index (χ1n) is 10.4. The van der Waals surface area contributed by atoms with Crippen molar-refractivity contribution in [3.8, 4) is 0 Å². The molecule has 152 valence electrons. The fraction of sp³-hybridized carbons (Fsp3) is 0.111. The maximum Gasteiger partial charge on any atom is 0.0907 e. The van der Waals surface area contributed by atoms with Crippen LogP contribution in [0.15, 0.2) is 119 Å². The summed E-state index contributed by atoms with van der Waals surface area (Å²) in [5.41, 5.74) is 5.57. The SMILES string of the molecule is CC(CN=C(c1ccccc1)c1ccccn1)N=C(c1ccccc1)c1ccccn1. The Morgan fingerprint density at radius 2 is 1.13 bits per heavy atom. The third-order valence-electron chi connectivity index (χ3n) is 4.77. The van der Waals surface area contributed by atoms with Crippen LogP contribution in [0.1, 0.15) is 29.4 Å². The molecule has 1 unspecified atom stereocenters. The zero-order chi connectivity index (χ0) is 21.3. The van der Waals surface area contributed by atoms with Crippen LogP contribution in [0.2, 0.25) is 0 Å². The lowest BCUT2D eigenvalue weighted by molar-refractivity contribution is 0.756. The highest BCUT2D eigenvalue weighted by atomic mass is 14.9. The van der Waals surface area contributed by atoms with Gasteiger partial charge in [-0.15, -0.1) is 0 Å². The molecule has 4 nitrogen and oxygen atoms in total. The van der Waals surface area contributed by atoms with Gasteiger partial charge in [-0.05, 0) is 31.2 Å². The molecule has 0 amide bonds. The largest absolute Gasteiger partial charge is 0.280 e. The molecule has 0 bridgehead atoms. The summed E-state index contributed by atoms with van der Waals surface area (Å²) in [5, 5.41) is 0. The number of hydrogen-bond donors (Lipinski definition) is 0. The normalized spacial score (nSPS) is 13.1. The van der Waals surface area contributed by atoms with E-state index in [-0.39, 0.29) is 6.04 Å². The van der Waals surface area contributed by atoms with Gasteiger partial charge in [0.05, 0.1) is 35.4 Å². The van der Waals surface area contributed by atoms with Crippen LogP contribution in [0.3, 0.4) is 0 Å². The molecule has 4 aromatic rings. The summed E-state index contributed by atoms with van der Waals surface area (Å²) in [6.07, 6.45) is 3.59. The van der Waals surface area contributed by atoms with E-state index in [1.807, 2.05) is 72.8 Å². The average Bonchev–Trinajstić information content (AvgIpc) is 2.85. The molecule has 31 heavy (non-hydrogen) atoms. The van der Waals surface area contributed by atoms with E-state index in [1.54, 1.807) is 12.4 Å². The van der Waals surface area contributed by atoms with E-state index < -0.39 is 0 Å². The third kappa shape index (κ3) is 5.37. The van der Waals surface area contributed by atoms with E-state index in [1.165, 1.54) is 0 Å². The zero-order valence-electron chi connectivity index (χ0n) is 17.5. The Morgan fingerprint density at radius 1 is 0.645 bits per heavy atom. The van der Waals surface area contributed by atoms with E-state index in [0.717, 1.165) is 33.9 Å². The summed E-state index contributed by atoms with van der Waals surface area (Å²) >= 11 is 0. The molecule has 0 spiro atoms. The Morgan fingerprint density at radius 3 is 1.65 bits per heavy atom. The summed E-state index contributed by atoms with van der Waals surface area (Å²) in [7, 11) is 0. The van der Waals surface area contributed by atoms with E-state index in [9.17, 15) is 0 Å². The quantitative estimate of drug-likeness (QED) is 0.396. The molecule has 0 aliphatic rings. The number of benzene rings is 2. The average molecular weight is 405 g/mol. The lowest BCUT2D eigenvalue weighted by Crippen LogP contribution is -2.14. The minimum Gasteiger partial charge on any atom is -0.280 e. The van der Waals surface area contributed by atoms with E-state index in [0.29, 0.717) is 6.54 Å². The molecule has 2 heterocycles. The highest BCUT2D eigenvalue weighted by molar-refractivity contribution is 6.12. The van der Waals surface area contributed by atoms with Crippen LogP contribution >= 0.6 is 0 Å². The number of aromatic nitrogens is 2. The van der Waals surface area contributed by atoms with Crippen LogP contribution < -0.4 is 0 Å². The van der Waals surface area contributed by atoms with Gasteiger partial charge in [0.2, 0.25) is 0 Å². The van der Waals surface area contributed by atoms with E-state index in [2.05, 4.69) is 41.2 Å². The van der Waals surface area contributed by atoms with Gasteiger partial charge in [-0.3, -0.25) is 20.0 Å². The van der Waals surface area contributed by atoms with Gasteiger partial charge < -0.3 is 0 Å².